The third-order valence-electron chi connectivity index (χ3n) is 6.30. The summed E-state index contributed by atoms with van der Waals surface area (Å²) in [7, 11) is 4.81. The number of nitrogens with zero attached hydrogens (tertiary/aromatic N) is 1. The van der Waals surface area contributed by atoms with E-state index >= 15 is 0 Å². The first-order chi connectivity index (χ1) is 11.4. The van der Waals surface area contributed by atoms with Gasteiger partial charge in [-0.2, -0.15) is 0 Å². The molecule has 138 valence electrons. The van der Waals surface area contributed by atoms with E-state index in [1.54, 1.807) is 20.2 Å². The molecular formula is C19H33NO4. The van der Waals surface area contributed by atoms with Crippen molar-refractivity contribution in [1.29, 1.82) is 0 Å². The maximum atomic E-state index is 11.9. The number of methoxy groups -OCH3 is 1. The molecule has 0 saturated heterocycles. The first kappa shape index (κ1) is 19.4. The van der Waals surface area contributed by atoms with E-state index in [1.165, 1.54) is 37.9 Å². The zero-order chi connectivity index (χ0) is 17.7. The van der Waals surface area contributed by atoms with E-state index in [9.17, 15) is 4.79 Å². The third kappa shape index (κ3) is 4.01. The molecule has 0 aliphatic heterocycles. The quantitative estimate of drug-likeness (QED) is 0.405. The van der Waals surface area contributed by atoms with Gasteiger partial charge in [0.25, 0.3) is 5.91 Å². The van der Waals surface area contributed by atoms with E-state index in [0.717, 1.165) is 6.42 Å². The molecule has 5 heteroatoms. The predicted octanol–water partition coefficient (Wildman–Crippen LogP) is 3.40. The molecule has 0 aromatic heterocycles. The number of allylic oxidation sites excluding steroid dienone is 1. The van der Waals surface area contributed by atoms with E-state index in [0.29, 0.717) is 30.7 Å². The molecule has 24 heavy (non-hydrogen) atoms. The SMILES string of the molecule is COCOC1CCCC2(C)C(C(C)C=CC(=O)N(C)OC)CCC12. The summed E-state index contributed by atoms with van der Waals surface area (Å²) >= 11 is 0. The highest BCUT2D eigenvalue weighted by Gasteiger charge is 2.52. The van der Waals surface area contributed by atoms with Gasteiger partial charge in [-0.3, -0.25) is 9.63 Å². The largest absolute Gasteiger partial charge is 0.359 e. The van der Waals surface area contributed by atoms with E-state index in [1.807, 2.05) is 0 Å². The van der Waals surface area contributed by atoms with Crippen LogP contribution < -0.4 is 0 Å². The van der Waals surface area contributed by atoms with E-state index in [4.69, 9.17) is 14.3 Å². The van der Waals surface area contributed by atoms with Crippen molar-refractivity contribution in [2.75, 3.05) is 28.1 Å². The Morgan fingerprint density at radius 1 is 1.33 bits per heavy atom. The van der Waals surface area contributed by atoms with Gasteiger partial charge in [-0.1, -0.05) is 26.3 Å². The Hall–Kier alpha value is -0.910. The molecule has 0 aromatic carbocycles. The Morgan fingerprint density at radius 2 is 2.08 bits per heavy atom. The number of hydroxylamine groups is 2. The second-order valence-corrected chi connectivity index (χ2v) is 7.54. The Morgan fingerprint density at radius 3 is 2.75 bits per heavy atom. The van der Waals surface area contributed by atoms with Crippen LogP contribution in [0.5, 0.6) is 0 Å². The highest BCUT2D eigenvalue weighted by molar-refractivity contribution is 5.86. The fraction of sp³-hybridized carbons (Fsp3) is 0.842. The van der Waals surface area contributed by atoms with Gasteiger partial charge >= 0.3 is 0 Å². The van der Waals surface area contributed by atoms with Crippen molar-refractivity contribution < 1.29 is 19.1 Å². The standard InChI is InChI=1S/C19H33NO4/c1-14(8-11-18(21)20(3)23-5)15-9-10-16-17(24-13-22-4)7-6-12-19(15,16)2/h8,11,14-17H,6-7,9-10,12-13H2,1-5H3. The van der Waals surface area contributed by atoms with Gasteiger partial charge < -0.3 is 9.47 Å². The van der Waals surface area contributed by atoms with E-state index < -0.39 is 0 Å². The van der Waals surface area contributed by atoms with Crippen molar-refractivity contribution in [3.05, 3.63) is 12.2 Å². The average Bonchev–Trinajstić information content (AvgIpc) is 2.94. The highest BCUT2D eigenvalue weighted by Crippen LogP contribution is 2.58. The molecule has 2 aliphatic rings. The molecule has 5 nitrogen and oxygen atoms in total. The number of hydrogen-bond donors (Lipinski definition) is 0. The number of carbonyl (C=O) groups is 1. The van der Waals surface area contributed by atoms with Crippen LogP contribution in [0.25, 0.3) is 0 Å². The van der Waals surface area contributed by atoms with Crippen molar-refractivity contribution in [2.45, 2.75) is 52.1 Å². The van der Waals surface area contributed by atoms with Gasteiger partial charge in [0, 0.05) is 20.2 Å². The maximum Gasteiger partial charge on any atom is 0.269 e. The van der Waals surface area contributed by atoms with Gasteiger partial charge in [-0.05, 0) is 48.9 Å². The van der Waals surface area contributed by atoms with Crippen LogP contribution in [0, 0.1) is 23.2 Å². The smallest absolute Gasteiger partial charge is 0.269 e. The molecule has 5 atom stereocenters. The lowest BCUT2D eigenvalue weighted by molar-refractivity contribution is -0.162. The van der Waals surface area contributed by atoms with Crippen molar-refractivity contribution in [3.63, 3.8) is 0 Å². The Kier molecular flexibility index (Phi) is 6.84. The summed E-state index contributed by atoms with van der Waals surface area (Å²) in [5, 5.41) is 1.25. The fourth-order valence-corrected chi connectivity index (χ4v) is 4.94. The van der Waals surface area contributed by atoms with Crippen LogP contribution in [-0.2, 0) is 19.1 Å². The minimum Gasteiger partial charge on any atom is -0.359 e. The lowest BCUT2D eigenvalue weighted by atomic mass is 9.62. The Bertz CT molecular complexity index is 453. The third-order valence-corrected chi connectivity index (χ3v) is 6.30. The van der Waals surface area contributed by atoms with Gasteiger partial charge in [-0.25, -0.2) is 5.06 Å². The molecular weight excluding hydrogens is 306 g/mol. The predicted molar refractivity (Wildman–Crippen MR) is 93.0 cm³/mol. The van der Waals surface area contributed by atoms with E-state index in [2.05, 4.69) is 19.9 Å². The lowest BCUT2D eigenvalue weighted by Crippen LogP contribution is -2.42. The lowest BCUT2D eigenvalue weighted by Gasteiger charge is -2.46. The summed E-state index contributed by atoms with van der Waals surface area (Å²) in [6.07, 6.45) is 10.0. The first-order valence-electron chi connectivity index (χ1n) is 9.04. The summed E-state index contributed by atoms with van der Waals surface area (Å²) in [4.78, 5) is 16.8. The van der Waals surface area contributed by atoms with Gasteiger partial charge in [0.05, 0.1) is 13.2 Å². The molecule has 2 saturated carbocycles. The number of likely N-dealkylation sites (N-methyl/N-ethyl adjacent to an activating group) is 1. The van der Waals surface area contributed by atoms with Crippen LogP contribution in [0.2, 0.25) is 0 Å². The molecule has 0 spiro atoms. The Labute approximate surface area is 146 Å². The van der Waals surface area contributed by atoms with Gasteiger partial charge in [0.2, 0.25) is 0 Å². The average molecular weight is 339 g/mol. The van der Waals surface area contributed by atoms with Crippen LogP contribution in [0.3, 0.4) is 0 Å². The number of hydrogen-bond acceptors (Lipinski definition) is 4. The molecule has 0 bridgehead atoms. The minimum absolute atomic E-state index is 0.117. The molecule has 0 radical (unpaired) electrons. The van der Waals surface area contributed by atoms with Gasteiger partial charge in [-0.15, -0.1) is 0 Å². The summed E-state index contributed by atoms with van der Waals surface area (Å²) in [5.74, 6) is 1.44. The van der Waals surface area contributed by atoms with Crippen LogP contribution in [-0.4, -0.2) is 45.1 Å². The van der Waals surface area contributed by atoms with Crippen LogP contribution in [0.4, 0.5) is 0 Å². The van der Waals surface area contributed by atoms with Crippen LogP contribution in [0.1, 0.15) is 46.0 Å². The summed E-state index contributed by atoms with van der Waals surface area (Å²) in [5.41, 5.74) is 0.288. The van der Waals surface area contributed by atoms with Gasteiger partial charge in [0.15, 0.2) is 0 Å². The molecule has 0 heterocycles. The number of amides is 1. The van der Waals surface area contributed by atoms with Crippen molar-refractivity contribution in [2.24, 2.45) is 23.2 Å². The summed E-state index contributed by atoms with van der Waals surface area (Å²) in [6.45, 7) is 5.04. The number of rotatable bonds is 7. The number of ether oxygens (including phenoxy) is 2. The second-order valence-electron chi connectivity index (χ2n) is 7.54. The number of carbonyl (C=O) groups excluding carboxylic acids is 1. The van der Waals surface area contributed by atoms with Crippen molar-refractivity contribution in [3.8, 4) is 0 Å². The normalized spacial score (nSPS) is 34.3. The van der Waals surface area contributed by atoms with Crippen molar-refractivity contribution in [1.82, 2.24) is 5.06 Å². The fourth-order valence-electron chi connectivity index (χ4n) is 4.94. The van der Waals surface area contributed by atoms with Crippen molar-refractivity contribution >= 4 is 5.91 Å². The molecule has 0 N–H and O–H groups in total. The first-order valence-corrected chi connectivity index (χ1v) is 9.04. The van der Waals surface area contributed by atoms with Crippen LogP contribution >= 0.6 is 0 Å². The molecule has 2 aliphatic carbocycles. The zero-order valence-electron chi connectivity index (χ0n) is 15.8. The Balaban J connectivity index is 2.04. The molecule has 2 rings (SSSR count). The topological polar surface area (TPSA) is 48.0 Å². The summed E-state index contributed by atoms with van der Waals surface area (Å²) in [6, 6.07) is 0. The summed E-state index contributed by atoms with van der Waals surface area (Å²) < 4.78 is 11.1. The number of fused-ring (bicyclic) bond motifs is 1. The molecule has 5 unspecified atom stereocenters. The molecule has 2 fully saturated rings. The highest BCUT2D eigenvalue weighted by atomic mass is 16.7. The van der Waals surface area contributed by atoms with Gasteiger partial charge in [0.1, 0.15) is 6.79 Å². The maximum absolute atomic E-state index is 11.9. The zero-order valence-corrected chi connectivity index (χ0v) is 15.8. The van der Waals surface area contributed by atoms with Crippen LogP contribution in [0.15, 0.2) is 12.2 Å². The molecule has 1 amide bonds. The molecule has 0 aromatic rings. The monoisotopic (exact) mass is 339 g/mol. The van der Waals surface area contributed by atoms with E-state index in [-0.39, 0.29) is 11.3 Å². The second kappa shape index (κ2) is 8.45. The minimum atomic E-state index is -0.117.